The molecule has 142 valence electrons. The maximum atomic E-state index is 12.6. The summed E-state index contributed by atoms with van der Waals surface area (Å²) in [5, 5.41) is 0.621. The van der Waals surface area contributed by atoms with E-state index in [4.69, 9.17) is 11.5 Å². The average molecular weight is 384 g/mol. The molecule has 0 bridgehead atoms. The van der Waals surface area contributed by atoms with E-state index in [1.807, 2.05) is 24.3 Å². The number of carbonyl (C=O) groups excluding carboxylic acids is 1. The minimum absolute atomic E-state index is 0.0441. The molecule has 0 spiro atoms. The Morgan fingerprint density at radius 2 is 2.15 bits per heavy atom. The number of hydrogen-bond acceptors (Lipinski definition) is 7. The number of aromatic nitrogens is 2. The molecule has 6 nitrogen and oxygen atoms in total. The van der Waals surface area contributed by atoms with Crippen molar-refractivity contribution in [2.45, 2.75) is 38.1 Å². The summed E-state index contributed by atoms with van der Waals surface area (Å²) >= 11 is 1.58. The topological polar surface area (TPSA) is 107 Å². The SMILES string of the molecule is CC1(c2cccc(CC(=O)c3cnc(CCCN)cn3)c2)CCSC(N)=N1. The van der Waals surface area contributed by atoms with E-state index in [2.05, 4.69) is 21.9 Å². The quantitative estimate of drug-likeness (QED) is 0.711. The Morgan fingerprint density at radius 3 is 2.85 bits per heavy atom. The molecule has 0 saturated carbocycles. The van der Waals surface area contributed by atoms with Gasteiger partial charge in [0.1, 0.15) is 5.69 Å². The molecule has 1 atom stereocenters. The van der Waals surface area contributed by atoms with Crippen molar-refractivity contribution in [2.75, 3.05) is 12.3 Å². The van der Waals surface area contributed by atoms with Gasteiger partial charge in [0.05, 0.1) is 17.4 Å². The minimum atomic E-state index is -0.334. The number of nitrogens with zero attached hydrogens (tertiary/aromatic N) is 3. The zero-order valence-corrected chi connectivity index (χ0v) is 16.3. The molecule has 1 aromatic heterocycles. The standard InChI is InChI=1S/C20H25N5OS/c1-20(7-9-27-19(22)25-20)15-5-2-4-14(10-15)11-18(26)17-13-23-16(12-24-17)6-3-8-21/h2,4-5,10,12-13H,3,6-9,11,21H2,1H3,(H2,22,25). The van der Waals surface area contributed by atoms with Crippen LogP contribution in [0.5, 0.6) is 0 Å². The molecule has 1 unspecified atom stereocenters. The summed E-state index contributed by atoms with van der Waals surface area (Å²) in [6.07, 6.45) is 6.07. The smallest absolute Gasteiger partial charge is 0.187 e. The lowest BCUT2D eigenvalue weighted by molar-refractivity contribution is 0.0987. The van der Waals surface area contributed by atoms with Gasteiger partial charge in [-0.05, 0) is 43.9 Å². The second-order valence-electron chi connectivity index (χ2n) is 6.91. The van der Waals surface area contributed by atoms with Crippen molar-refractivity contribution in [1.82, 2.24) is 9.97 Å². The van der Waals surface area contributed by atoms with Crippen LogP contribution in [0.15, 0.2) is 41.7 Å². The molecule has 1 aliphatic heterocycles. The lowest BCUT2D eigenvalue weighted by atomic mass is 9.88. The third-order valence-electron chi connectivity index (χ3n) is 4.74. The minimum Gasteiger partial charge on any atom is -0.379 e. The monoisotopic (exact) mass is 383 g/mol. The number of nitrogens with two attached hydrogens (primary N) is 2. The predicted octanol–water partition coefficient (Wildman–Crippen LogP) is 2.46. The number of rotatable bonds is 7. The first-order valence-corrected chi connectivity index (χ1v) is 10.1. The van der Waals surface area contributed by atoms with Crippen molar-refractivity contribution in [2.24, 2.45) is 16.5 Å². The Morgan fingerprint density at radius 1 is 1.30 bits per heavy atom. The van der Waals surface area contributed by atoms with Gasteiger partial charge in [0, 0.05) is 18.4 Å². The fourth-order valence-corrected chi connectivity index (χ4v) is 4.07. The van der Waals surface area contributed by atoms with E-state index < -0.39 is 0 Å². The van der Waals surface area contributed by atoms with E-state index in [1.165, 1.54) is 0 Å². The van der Waals surface area contributed by atoms with Crippen molar-refractivity contribution >= 4 is 22.7 Å². The first-order chi connectivity index (χ1) is 13.0. The van der Waals surface area contributed by atoms with E-state index in [0.29, 0.717) is 17.4 Å². The fourth-order valence-electron chi connectivity index (χ4n) is 3.10. The van der Waals surface area contributed by atoms with E-state index in [9.17, 15) is 4.79 Å². The van der Waals surface area contributed by atoms with Crippen LogP contribution in [-0.2, 0) is 18.4 Å². The molecule has 0 saturated heterocycles. The molecule has 1 aliphatic rings. The van der Waals surface area contributed by atoms with Gasteiger partial charge in [0.2, 0.25) is 0 Å². The highest BCUT2D eigenvalue weighted by atomic mass is 32.2. The normalized spacial score (nSPS) is 19.6. The highest BCUT2D eigenvalue weighted by molar-refractivity contribution is 8.13. The zero-order chi connectivity index (χ0) is 19.3. The molecule has 4 N–H and O–H groups in total. The number of amidine groups is 1. The van der Waals surface area contributed by atoms with Crippen LogP contribution < -0.4 is 11.5 Å². The first kappa shape index (κ1) is 19.5. The maximum Gasteiger partial charge on any atom is 0.187 e. The molecular weight excluding hydrogens is 358 g/mol. The molecule has 1 aromatic carbocycles. The second-order valence-corrected chi connectivity index (χ2v) is 8.02. The van der Waals surface area contributed by atoms with Gasteiger partial charge in [0.15, 0.2) is 11.0 Å². The van der Waals surface area contributed by atoms with Gasteiger partial charge in [-0.15, -0.1) is 0 Å². The van der Waals surface area contributed by atoms with Crippen molar-refractivity contribution < 1.29 is 4.79 Å². The molecule has 2 heterocycles. The first-order valence-electron chi connectivity index (χ1n) is 9.12. The molecule has 27 heavy (non-hydrogen) atoms. The van der Waals surface area contributed by atoms with E-state index in [0.717, 1.165) is 41.8 Å². The van der Waals surface area contributed by atoms with Crippen LogP contribution in [-0.4, -0.2) is 33.2 Å². The highest BCUT2D eigenvalue weighted by Crippen LogP contribution is 2.35. The van der Waals surface area contributed by atoms with Gasteiger partial charge in [0.25, 0.3) is 0 Å². The Hall–Kier alpha value is -2.25. The number of Topliss-reactive ketones (excluding diaryl/α,β-unsaturated/α-hetero) is 1. The highest BCUT2D eigenvalue weighted by Gasteiger charge is 2.29. The molecule has 7 heteroatoms. The number of carbonyl (C=O) groups is 1. The lowest BCUT2D eigenvalue weighted by Gasteiger charge is -2.30. The summed E-state index contributed by atoms with van der Waals surface area (Å²) in [5.74, 6) is 0.901. The van der Waals surface area contributed by atoms with Crippen molar-refractivity contribution in [1.29, 1.82) is 0 Å². The van der Waals surface area contributed by atoms with Crippen molar-refractivity contribution in [3.05, 3.63) is 59.2 Å². The molecule has 0 amide bonds. The number of hydrogen-bond donors (Lipinski definition) is 2. The number of ketones is 1. The third-order valence-corrected chi connectivity index (χ3v) is 5.53. The van der Waals surface area contributed by atoms with Crippen LogP contribution in [0.3, 0.4) is 0 Å². The van der Waals surface area contributed by atoms with E-state index >= 15 is 0 Å². The third kappa shape index (κ3) is 4.93. The molecule has 0 fully saturated rings. The molecule has 2 aromatic rings. The summed E-state index contributed by atoms with van der Waals surface area (Å²) in [7, 11) is 0. The Balaban J connectivity index is 1.72. The van der Waals surface area contributed by atoms with E-state index in [1.54, 1.807) is 24.2 Å². The maximum absolute atomic E-state index is 12.6. The summed E-state index contributed by atoms with van der Waals surface area (Å²) < 4.78 is 0. The van der Waals surface area contributed by atoms with Gasteiger partial charge in [-0.2, -0.15) is 0 Å². The van der Waals surface area contributed by atoms with Gasteiger partial charge >= 0.3 is 0 Å². The Labute approximate surface area is 163 Å². The summed E-state index contributed by atoms with van der Waals surface area (Å²) in [5.41, 5.74) is 14.4. The molecule has 3 rings (SSSR count). The number of thioether (sulfide) groups is 1. The summed E-state index contributed by atoms with van der Waals surface area (Å²) in [4.78, 5) is 25.8. The van der Waals surface area contributed by atoms with Crippen LogP contribution in [0.2, 0.25) is 0 Å². The average Bonchev–Trinajstić information content (AvgIpc) is 2.67. The summed E-state index contributed by atoms with van der Waals surface area (Å²) in [6.45, 7) is 2.71. The van der Waals surface area contributed by atoms with Crippen LogP contribution in [0.1, 0.15) is 47.1 Å². The van der Waals surface area contributed by atoms with Crippen LogP contribution in [0, 0.1) is 0 Å². The van der Waals surface area contributed by atoms with E-state index in [-0.39, 0.29) is 17.7 Å². The summed E-state index contributed by atoms with van der Waals surface area (Å²) in [6, 6.07) is 8.03. The van der Waals surface area contributed by atoms with Gasteiger partial charge < -0.3 is 11.5 Å². The second kappa shape index (κ2) is 8.63. The van der Waals surface area contributed by atoms with Gasteiger partial charge in [-0.3, -0.25) is 14.8 Å². The number of aliphatic imine (C=N–C) groups is 1. The predicted molar refractivity (Wildman–Crippen MR) is 110 cm³/mol. The number of aryl methyl sites for hydroxylation is 1. The van der Waals surface area contributed by atoms with Crippen LogP contribution >= 0.6 is 11.8 Å². The van der Waals surface area contributed by atoms with Gasteiger partial charge in [-0.25, -0.2) is 4.98 Å². The zero-order valence-electron chi connectivity index (χ0n) is 15.5. The lowest BCUT2D eigenvalue weighted by Crippen LogP contribution is -2.28. The fraction of sp³-hybridized carbons (Fsp3) is 0.400. The van der Waals surface area contributed by atoms with Crippen molar-refractivity contribution in [3.8, 4) is 0 Å². The van der Waals surface area contributed by atoms with Crippen molar-refractivity contribution in [3.63, 3.8) is 0 Å². The largest absolute Gasteiger partial charge is 0.379 e. The molecule has 0 radical (unpaired) electrons. The van der Waals surface area contributed by atoms with Crippen LogP contribution in [0.25, 0.3) is 0 Å². The number of benzene rings is 1. The van der Waals surface area contributed by atoms with Gasteiger partial charge in [-0.1, -0.05) is 36.0 Å². The Bertz CT molecular complexity index is 837. The van der Waals surface area contributed by atoms with Crippen LogP contribution in [0.4, 0.5) is 0 Å². The molecular formula is C20H25N5OS. The Kier molecular flexibility index (Phi) is 6.23. The molecule has 0 aliphatic carbocycles.